The monoisotopic (exact) mass is 254 g/mol. The van der Waals surface area contributed by atoms with Crippen LogP contribution in [0.15, 0.2) is 60.7 Å². The van der Waals surface area contributed by atoms with Gasteiger partial charge < -0.3 is 0 Å². The van der Waals surface area contributed by atoms with E-state index in [9.17, 15) is 0 Å². The van der Waals surface area contributed by atoms with Gasteiger partial charge in [-0.25, -0.2) is 0 Å². The Morgan fingerprint density at radius 2 is 1.56 bits per heavy atom. The Morgan fingerprint density at radius 3 is 2.28 bits per heavy atom. The van der Waals surface area contributed by atoms with Crippen molar-refractivity contribution in [1.29, 1.82) is 0 Å². The molecule has 0 bridgehead atoms. The van der Waals surface area contributed by atoms with Crippen LogP contribution in [0.25, 0.3) is 0 Å². The lowest BCUT2D eigenvalue weighted by atomic mass is 10.1. The van der Waals surface area contributed by atoms with Crippen molar-refractivity contribution in [2.24, 2.45) is 0 Å². The number of hydrogen-bond acceptors (Lipinski definition) is 0. The third kappa shape index (κ3) is 2.65. The first kappa shape index (κ1) is 11.9. The van der Waals surface area contributed by atoms with Crippen LogP contribution in [-0.2, 0) is 6.42 Å². The largest absolute Gasteiger partial charge is 0.0718 e. The second kappa shape index (κ2) is 5.67. The Hall–Kier alpha value is -1.13. The van der Waals surface area contributed by atoms with E-state index in [0.29, 0.717) is 0 Å². The second-order valence-corrected chi connectivity index (χ2v) is 7.65. The fraction of sp³-hybridized carbons (Fsp3) is 0.294. The van der Waals surface area contributed by atoms with Gasteiger partial charge in [-0.15, -0.1) is 0 Å². The van der Waals surface area contributed by atoms with Crippen LogP contribution in [0.1, 0.15) is 18.4 Å². The topological polar surface area (TPSA) is 0 Å². The average molecular weight is 254 g/mol. The molecule has 0 saturated carbocycles. The highest BCUT2D eigenvalue weighted by Gasteiger charge is 2.27. The number of rotatable bonds is 3. The second-order valence-electron chi connectivity index (χ2n) is 5.01. The van der Waals surface area contributed by atoms with E-state index < -0.39 is 0 Å². The third-order valence-electron chi connectivity index (χ3n) is 3.78. The van der Waals surface area contributed by atoms with Gasteiger partial charge in [0.15, 0.2) is 0 Å². The van der Waals surface area contributed by atoms with Gasteiger partial charge >= 0.3 is 0 Å². The molecule has 2 aromatic carbocycles. The Labute approximate surface area is 111 Å². The van der Waals surface area contributed by atoms with Gasteiger partial charge in [0.1, 0.15) is 0 Å². The summed E-state index contributed by atoms with van der Waals surface area (Å²) in [5.74, 6) is 0. The minimum Gasteiger partial charge on any atom is -0.0718 e. The molecule has 0 aliphatic carbocycles. The van der Waals surface area contributed by atoms with Crippen LogP contribution in [0.4, 0.5) is 0 Å². The predicted molar refractivity (Wildman–Crippen MR) is 81.0 cm³/mol. The lowest BCUT2D eigenvalue weighted by Gasteiger charge is -2.20. The minimum absolute atomic E-state index is 0.0727. The van der Waals surface area contributed by atoms with E-state index in [1.165, 1.54) is 31.0 Å². The number of hydrogen-bond donors (Lipinski definition) is 0. The van der Waals surface area contributed by atoms with Crippen molar-refractivity contribution in [2.75, 3.05) is 6.16 Å². The molecule has 0 spiro atoms. The van der Waals surface area contributed by atoms with Gasteiger partial charge in [0.05, 0.1) is 0 Å². The first-order chi connectivity index (χ1) is 8.93. The molecule has 1 aliphatic heterocycles. The summed E-state index contributed by atoms with van der Waals surface area (Å²) in [5.41, 5.74) is 2.40. The molecule has 18 heavy (non-hydrogen) atoms. The molecule has 0 aromatic heterocycles. The molecule has 0 unspecified atom stereocenters. The van der Waals surface area contributed by atoms with E-state index in [1.807, 2.05) is 0 Å². The van der Waals surface area contributed by atoms with Gasteiger partial charge in [0.2, 0.25) is 0 Å². The number of benzene rings is 2. The van der Waals surface area contributed by atoms with E-state index in [1.54, 1.807) is 5.30 Å². The molecule has 2 aromatic rings. The fourth-order valence-electron chi connectivity index (χ4n) is 2.89. The van der Waals surface area contributed by atoms with Gasteiger partial charge in [-0.2, -0.15) is 0 Å². The maximum absolute atomic E-state index is 2.33. The van der Waals surface area contributed by atoms with Gasteiger partial charge in [0, 0.05) is 0 Å². The summed E-state index contributed by atoms with van der Waals surface area (Å²) in [7, 11) is 0.0727. The SMILES string of the molecule is c1ccc(C[C@H]2CCC[P@@]2c2ccccc2)cc1. The summed E-state index contributed by atoms with van der Waals surface area (Å²) >= 11 is 0. The van der Waals surface area contributed by atoms with Crippen LogP contribution in [0.2, 0.25) is 0 Å². The first-order valence-corrected chi connectivity index (χ1v) is 8.39. The Balaban J connectivity index is 1.76. The van der Waals surface area contributed by atoms with Crippen LogP contribution < -0.4 is 5.30 Å². The minimum atomic E-state index is 0.0727. The van der Waals surface area contributed by atoms with Gasteiger partial charge in [-0.1, -0.05) is 68.6 Å². The molecule has 0 amide bonds. The molecule has 1 aliphatic rings. The van der Waals surface area contributed by atoms with Crippen molar-refractivity contribution >= 4 is 13.2 Å². The predicted octanol–water partition coefficient (Wildman–Crippen LogP) is 4.20. The molecule has 1 fully saturated rings. The molecule has 3 rings (SSSR count). The Kier molecular flexibility index (Phi) is 3.76. The lowest BCUT2D eigenvalue weighted by molar-refractivity contribution is 0.774. The van der Waals surface area contributed by atoms with Gasteiger partial charge in [-0.05, 0) is 42.0 Å². The molecule has 92 valence electrons. The summed E-state index contributed by atoms with van der Waals surface area (Å²) < 4.78 is 0. The summed E-state index contributed by atoms with van der Waals surface area (Å²) in [6.07, 6.45) is 5.52. The third-order valence-corrected chi connectivity index (χ3v) is 6.86. The van der Waals surface area contributed by atoms with Crippen molar-refractivity contribution in [1.82, 2.24) is 0 Å². The summed E-state index contributed by atoms with van der Waals surface area (Å²) in [4.78, 5) is 0. The van der Waals surface area contributed by atoms with Crippen molar-refractivity contribution in [2.45, 2.75) is 24.9 Å². The van der Waals surface area contributed by atoms with Crippen LogP contribution in [-0.4, -0.2) is 11.8 Å². The van der Waals surface area contributed by atoms with Crippen LogP contribution in [0.5, 0.6) is 0 Å². The normalized spacial score (nSPS) is 23.1. The zero-order valence-corrected chi connectivity index (χ0v) is 11.5. The smallest absolute Gasteiger partial charge is 0.0128 e. The van der Waals surface area contributed by atoms with E-state index in [2.05, 4.69) is 60.7 Å². The molecule has 0 nitrogen and oxygen atoms in total. The van der Waals surface area contributed by atoms with Crippen molar-refractivity contribution in [3.63, 3.8) is 0 Å². The standard InChI is InChI=1S/C17H19P/c1-3-8-15(9-4-1)14-17-12-7-13-18(17)16-10-5-2-6-11-16/h1-6,8-11,17H,7,12-14H2/t17-,18+/m1/s1. The Bertz CT molecular complexity index is 477. The maximum Gasteiger partial charge on any atom is -0.0128 e. The highest BCUT2D eigenvalue weighted by molar-refractivity contribution is 7.66. The first-order valence-electron chi connectivity index (χ1n) is 6.79. The van der Waals surface area contributed by atoms with E-state index >= 15 is 0 Å². The molecule has 2 atom stereocenters. The Morgan fingerprint density at radius 1 is 0.889 bits per heavy atom. The molecule has 1 heterocycles. The van der Waals surface area contributed by atoms with Crippen molar-refractivity contribution in [3.05, 3.63) is 66.2 Å². The van der Waals surface area contributed by atoms with E-state index in [0.717, 1.165) is 5.66 Å². The zero-order valence-electron chi connectivity index (χ0n) is 10.6. The highest BCUT2D eigenvalue weighted by atomic mass is 31.1. The summed E-state index contributed by atoms with van der Waals surface area (Å²) in [5, 5.41) is 1.60. The zero-order chi connectivity index (χ0) is 12.2. The highest BCUT2D eigenvalue weighted by Crippen LogP contribution is 2.50. The van der Waals surface area contributed by atoms with Crippen molar-refractivity contribution in [3.8, 4) is 0 Å². The molecule has 0 N–H and O–H groups in total. The van der Waals surface area contributed by atoms with Crippen LogP contribution in [0.3, 0.4) is 0 Å². The van der Waals surface area contributed by atoms with Crippen molar-refractivity contribution < 1.29 is 0 Å². The van der Waals surface area contributed by atoms with Crippen LogP contribution in [0, 0.1) is 0 Å². The summed E-state index contributed by atoms with van der Waals surface area (Å²) in [6, 6.07) is 22.1. The van der Waals surface area contributed by atoms with Gasteiger partial charge in [-0.3, -0.25) is 0 Å². The molecule has 1 saturated heterocycles. The molecular formula is C17H19P. The average Bonchev–Trinajstić information content (AvgIpc) is 2.89. The van der Waals surface area contributed by atoms with E-state index in [-0.39, 0.29) is 7.92 Å². The lowest BCUT2D eigenvalue weighted by Crippen LogP contribution is -2.12. The van der Waals surface area contributed by atoms with E-state index in [4.69, 9.17) is 0 Å². The fourth-order valence-corrected chi connectivity index (χ4v) is 5.94. The van der Waals surface area contributed by atoms with Gasteiger partial charge in [0.25, 0.3) is 0 Å². The molecule has 0 radical (unpaired) electrons. The maximum atomic E-state index is 2.33. The summed E-state index contributed by atoms with van der Waals surface area (Å²) in [6.45, 7) is 0. The molecule has 1 heteroatoms. The van der Waals surface area contributed by atoms with Crippen LogP contribution >= 0.6 is 7.92 Å². The molecular weight excluding hydrogens is 235 g/mol. The quantitative estimate of drug-likeness (QED) is 0.720.